The maximum atomic E-state index is 14.5. The van der Waals surface area contributed by atoms with Gasteiger partial charge in [0.1, 0.15) is 22.1 Å². The third kappa shape index (κ3) is 6.44. The normalized spacial score (nSPS) is 16.1. The summed E-state index contributed by atoms with van der Waals surface area (Å²) in [6.45, 7) is -1.42. The summed E-state index contributed by atoms with van der Waals surface area (Å²) in [5.41, 5.74) is -6.89. The molecule has 0 N–H and O–H groups in total. The van der Waals surface area contributed by atoms with Crippen LogP contribution in [0.5, 0.6) is 11.5 Å². The molecule has 5 nitrogen and oxygen atoms in total. The van der Waals surface area contributed by atoms with Crippen LogP contribution in [-0.4, -0.2) is 34.2 Å². The molecular formula is C29H24F10O5S. The van der Waals surface area contributed by atoms with E-state index < -0.39 is 74.0 Å². The van der Waals surface area contributed by atoms with Gasteiger partial charge >= 0.3 is 18.7 Å². The van der Waals surface area contributed by atoms with Gasteiger partial charge in [-0.2, -0.15) is 26.3 Å². The molecule has 1 aliphatic carbocycles. The van der Waals surface area contributed by atoms with Gasteiger partial charge in [0.05, 0.1) is 18.6 Å². The maximum Gasteiger partial charge on any atom is 0.573 e. The second-order valence-corrected chi connectivity index (χ2v) is 12.5. The van der Waals surface area contributed by atoms with Gasteiger partial charge in [0.15, 0.2) is 9.84 Å². The molecule has 0 amide bonds. The Hall–Kier alpha value is -3.53. The van der Waals surface area contributed by atoms with Crippen molar-refractivity contribution in [2.75, 3.05) is 7.11 Å². The molecule has 246 valence electrons. The smallest absolute Gasteiger partial charge is 0.496 e. The van der Waals surface area contributed by atoms with Gasteiger partial charge in [-0.05, 0) is 54.8 Å². The Morgan fingerprint density at radius 1 is 0.778 bits per heavy atom. The Balaban J connectivity index is 1.76. The van der Waals surface area contributed by atoms with Crippen molar-refractivity contribution in [1.29, 1.82) is 0 Å². The summed E-state index contributed by atoms with van der Waals surface area (Å²) in [6, 6.07) is 8.62. The fraction of sp³-hybridized carbons (Fsp3) is 0.379. The van der Waals surface area contributed by atoms with Gasteiger partial charge in [-0.1, -0.05) is 37.1 Å². The summed E-state index contributed by atoms with van der Waals surface area (Å²) in [7, 11) is -3.36. The van der Waals surface area contributed by atoms with E-state index in [2.05, 4.69) is 9.47 Å². The third-order valence-corrected chi connectivity index (χ3v) is 10.2. The number of hydrogen-bond acceptors (Lipinski definition) is 5. The molecule has 3 aromatic rings. The van der Waals surface area contributed by atoms with Crippen molar-refractivity contribution in [3.8, 4) is 11.5 Å². The summed E-state index contributed by atoms with van der Waals surface area (Å²) in [4.78, 5) is -0.265. The van der Waals surface area contributed by atoms with Crippen molar-refractivity contribution in [2.24, 2.45) is 0 Å². The molecule has 0 atom stereocenters. The molecule has 1 saturated carbocycles. The Morgan fingerprint density at radius 2 is 1.33 bits per heavy atom. The van der Waals surface area contributed by atoms with E-state index in [1.807, 2.05) is 0 Å². The van der Waals surface area contributed by atoms with Gasteiger partial charge in [-0.3, -0.25) is 0 Å². The van der Waals surface area contributed by atoms with Crippen molar-refractivity contribution in [3.05, 3.63) is 89.2 Å². The summed E-state index contributed by atoms with van der Waals surface area (Å²) in [6.07, 6.45) is -16.6. The molecule has 0 bridgehead atoms. The van der Waals surface area contributed by atoms with E-state index in [0.717, 1.165) is 49.6 Å². The third-order valence-electron chi connectivity index (χ3n) is 7.60. The number of rotatable bonds is 9. The van der Waals surface area contributed by atoms with Crippen molar-refractivity contribution < 1.29 is 66.5 Å². The highest BCUT2D eigenvalue weighted by Gasteiger charge is 2.73. The highest BCUT2D eigenvalue weighted by atomic mass is 32.2. The molecule has 0 radical (unpaired) electrons. The number of alkyl halides is 9. The molecule has 1 aliphatic rings. The number of hydrogen-bond donors (Lipinski definition) is 0. The number of ether oxygens (including phenoxy) is 3. The minimum Gasteiger partial charge on any atom is -0.496 e. The lowest BCUT2D eigenvalue weighted by Gasteiger charge is -2.38. The van der Waals surface area contributed by atoms with E-state index >= 15 is 0 Å². The quantitative estimate of drug-likeness (QED) is 0.168. The van der Waals surface area contributed by atoms with E-state index in [4.69, 9.17) is 4.74 Å². The molecule has 4 rings (SSSR count). The first-order valence-electron chi connectivity index (χ1n) is 13.1. The SMILES string of the molecule is COc1cc(OC(F)(F)F)ccc1COC(c1ccc(C2(S(=O)(=O)c3ccc(F)cc3)CCCC2)cc1)(C(F)(F)F)C(F)(F)F. The van der Waals surface area contributed by atoms with Gasteiger partial charge in [0, 0.05) is 17.2 Å². The summed E-state index contributed by atoms with van der Waals surface area (Å²) in [5.74, 6) is -2.09. The number of halogens is 10. The van der Waals surface area contributed by atoms with Crippen LogP contribution < -0.4 is 9.47 Å². The van der Waals surface area contributed by atoms with Crippen LogP contribution in [0.25, 0.3) is 0 Å². The molecule has 0 saturated heterocycles. The Labute approximate surface area is 250 Å². The largest absolute Gasteiger partial charge is 0.573 e. The van der Waals surface area contributed by atoms with Gasteiger partial charge in [0.2, 0.25) is 0 Å². The zero-order chi connectivity index (χ0) is 33.5. The average molecular weight is 675 g/mol. The van der Waals surface area contributed by atoms with Gasteiger partial charge in [-0.25, -0.2) is 12.8 Å². The molecule has 0 aliphatic heterocycles. The number of sulfone groups is 1. The lowest BCUT2D eigenvalue weighted by molar-refractivity contribution is -0.392. The van der Waals surface area contributed by atoms with Crippen LogP contribution >= 0.6 is 0 Å². The maximum absolute atomic E-state index is 14.5. The molecule has 0 spiro atoms. The van der Waals surface area contributed by atoms with Crippen LogP contribution in [0.15, 0.2) is 71.6 Å². The van der Waals surface area contributed by atoms with Gasteiger partial charge in [-0.15, -0.1) is 13.2 Å². The standard InChI is InChI=1S/C29H24F10O5S/c1-42-24-16-22(44-29(37,38)39)11-4-18(24)17-43-26(27(31,32)33,28(34,35)36)20-7-5-19(6-8-20)25(14-2-3-15-25)45(40,41)23-12-9-21(30)10-13-23/h4-13,16H,2-3,14-15,17H2,1H3. The zero-order valence-electron chi connectivity index (χ0n) is 23.1. The van der Waals surface area contributed by atoms with Crippen LogP contribution in [0.4, 0.5) is 43.9 Å². The molecule has 0 unspecified atom stereocenters. The molecule has 3 aromatic carbocycles. The highest BCUT2D eigenvalue weighted by Crippen LogP contribution is 2.55. The Morgan fingerprint density at radius 3 is 1.82 bits per heavy atom. The minimum atomic E-state index is -6.12. The van der Waals surface area contributed by atoms with Crippen LogP contribution in [0.2, 0.25) is 0 Å². The first-order valence-corrected chi connectivity index (χ1v) is 14.6. The first kappa shape index (κ1) is 34.3. The van der Waals surface area contributed by atoms with Crippen LogP contribution in [0.3, 0.4) is 0 Å². The Kier molecular flexibility index (Phi) is 9.16. The number of methoxy groups -OCH3 is 1. The van der Waals surface area contributed by atoms with Crippen LogP contribution in [0.1, 0.15) is 42.4 Å². The highest BCUT2D eigenvalue weighted by molar-refractivity contribution is 7.92. The van der Waals surface area contributed by atoms with Crippen molar-refractivity contribution in [2.45, 2.75) is 66.2 Å². The summed E-state index contributed by atoms with van der Waals surface area (Å²) in [5, 5.41) is 0. The molecule has 16 heteroatoms. The predicted octanol–water partition coefficient (Wildman–Crippen LogP) is 8.51. The van der Waals surface area contributed by atoms with E-state index in [0.29, 0.717) is 37.1 Å². The topological polar surface area (TPSA) is 61.8 Å². The summed E-state index contributed by atoms with van der Waals surface area (Å²) < 4.78 is 177. The van der Waals surface area contributed by atoms with E-state index in [9.17, 15) is 52.3 Å². The van der Waals surface area contributed by atoms with Crippen LogP contribution in [0, 0.1) is 5.82 Å². The monoisotopic (exact) mass is 674 g/mol. The lowest BCUT2D eigenvalue weighted by Crippen LogP contribution is -2.55. The molecule has 0 heterocycles. The molecule has 0 aromatic heterocycles. The number of benzene rings is 3. The van der Waals surface area contributed by atoms with Gasteiger partial charge < -0.3 is 14.2 Å². The van der Waals surface area contributed by atoms with Crippen molar-refractivity contribution in [3.63, 3.8) is 0 Å². The second kappa shape index (κ2) is 12.0. The van der Waals surface area contributed by atoms with Crippen molar-refractivity contribution in [1.82, 2.24) is 0 Å². The second-order valence-electron chi connectivity index (χ2n) is 10.2. The lowest BCUT2D eigenvalue weighted by atomic mass is 9.88. The summed E-state index contributed by atoms with van der Waals surface area (Å²) >= 11 is 0. The fourth-order valence-electron chi connectivity index (χ4n) is 5.47. The van der Waals surface area contributed by atoms with Crippen LogP contribution in [-0.2, 0) is 31.5 Å². The Bertz CT molecular complexity index is 1580. The predicted molar refractivity (Wildman–Crippen MR) is 138 cm³/mol. The fourth-order valence-corrected chi connectivity index (χ4v) is 7.69. The zero-order valence-corrected chi connectivity index (χ0v) is 23.9. The average Bonchev–Trinajstić information content (AvgIpc) is 3.44. The van der Waals surface area contributed by atoms with E-state index in [1.54, 1.807) is 0 Å². The molecule has 1 fully saturated rings. The molecular weight excluding hydrogens is 650 g/mol. The van der Waals surface area contributed by atoms with E-state index in [-0.39, 0.29) is 23.3 Å². The molecule has 45 heavy (non-hydrogen) atoms. The van der Waals surface area contributed by atoms with Crippen molar-refractivity contribution >= 4 is 9.84 Å². The first-order chi connectivity index (χ1) is 20.8. The van der Waals surface area contributed by atoms with Gasteiger partial charge in [0.25, 0.3) is 5.60 Å². The van der Waals surface area contributed by atoms with E-state index in [1.165, 1.54) is 0 Å². The minimum absolute atomic E-state index is 0.0140.